The van der Waals surface area contributed by atoms with Gasteiger partial charge in [0.2, 0.25) is 5.91 Å². The molecule has 0 aliphatic heterocycles. The van der Waals surface area contributed by atoms with Crippen LogP contribution in [0.1, 0.15) is 39.0 Å². The lowest BCUT2D eigenvalue weighted by molar-refractivity contribution is -0.121. The lowest BCUT2D eigenvalue weighted by Crippen LogP contribution is -2.49. The molecule has 0 atom stereocenters. The van der Waals surface area contributed by atoms with Crippen LogP contribution in [0.2, 0.25) is 0 Å². The first kappa shape index (κ1) is 13.9. The van der Waals surface area contributed by atoms with Gasteiger partial charge in [-0.05, 0) is 19.3 Å². The molecule has 86 valence electrons. The highest BCUT2D eigenvalue weighted by atomic mass is 16.1. The molecule has 0 spiro atoms. The third kappa shape index (κ3) is 7.98. The largest absolute Gasteiger partial charge is 0.356 e. The fourth-order valence-electron chi connectivity index (χ4n) is 1.13. The summed E-state index contributed by atoms with van der Waals surface area (Å²) >= 11 is 0. The summed E-state index contributed by atoms with van der Waals surface area (Å²) in [5, 5.41) is 2.77. The van der Waals surface area contributed by atoms with E-state index in [1.54, 1.807) is 0 Å². The second-order valence-corrected chi connectivity index (χ2v) is 3.79. The number of nitrogens with one attached hydrogen (secondary N) is 1. The van der Waals surface area contributed by atoms with Crippen LogP contribution in [-0.4, -0.2) is 18.1 Å². The van der Waals surface area contributed by atoms with Gasteiger partial charge in [-0.25, -0.2) is 0 Å². The molecule has 0 fully saturated rings. The highest BCUT2D eigenvalue weighted by molar-refractivity contribution is 5.75. The molecular formula is C11H21N3O. The summed E-state index contributed by atoms with van der Waals surface area (Å²) in [5.74, 6) is 2.48. The van der Waals surface area contributed by atoms with E-state index in [9.17, 15) is 4.79 Å². The zero-order valence-corrected chi connectivity index (χ0v) is 9.38. The number of terminal acetylenes is 1. The molecule has 0 heterocycles. The zero-order chi connectivity index (χ0) is 11.7. The minimum Gasteiger partial charge on any atom is -0.356 e. The lowest BCUT2D eigenvalue weighted by atomic mass is 10.00. The molecule has 0 saturated carbocycles. The van der Waals surface area contributed by atoms with Crippen LogP contribution in [-0.2, 0) is 4.79 Å². The normalized spacial score (nSPS) is 10.8. The van der Waals surface area contributed by atoms with E-state index in [0.717, 1.165) is 6.42 Å². The third-order valence-corrected chi connectivity index (χ3v) is 2.12. The zero-order valence-electron chi connectivity index (χ0n) is 9.38. The molecule has 15 heavy (non-hydrogen) atoms. The van der Waals surface area contributed by atoms with Crippen LogP contribution in [0.3, 0.4) is 0 Å². The summed E-state index contributed by atoms with van der Waals surface area (Å²) in [7, 11) is 0. The second-order valence-electron chi connectivity index (χ2n) is 3.79. The van der Waals surface area contributed by atoms with Gasteiger partial charge < -0.3 is 16.8 Å². The van der Waals surface area contributed by atoms with Gasteiger partial charge in [0.15, 0.2) is 0 Å². The van der Waals surface area contributed by atoms with Gasteiger partial charge in [0, 0.05) is 19.4 Å². The van der Waals surface area contributed by atoms with Crippen molar-refractivity contribution >= 4 is 5.91 Å². The Labute approximate surface area is 91.8 Å². The Bertz CT molecular complexity index is 230. The number of carbonyl (C=O) groups excluding carboxylic acids is 1. The maximum atomic E-state index is 11.3. The molecular weight excluding hydrogens is 190 g/mol. The number of hydrogen-bond acceptors (Lipinski definition) is 3. The van der Waals surface area contributed by atoms with Crippen molar-refractivity contribution in [3.8, 4) is 12.3 Å². The molecule has 0 aliphatic rings. The Kier molecular flexibility index (Phi) is 6.76. The molecule has 4 nitrogen and oxygen atoms in total. The Morgan fingerprint density at radius 3 is 2.67 bits per heavy atom. The summed E-state index contributed by atoms with van der Waals surface area (Å²) in [4.78, 5) is 11.3. The molecule has 1 amide bonds. The van der Waals surface area contributed by atoms with Gasteiger partial charge in [0.1, 0.15) is 0 Å². The molecule has 0 radical (unpaired) electrons. The topological polar surface area (TPSA) is 81.1 Å². The van der Waals surface area contributed by atoms with Crippen molar-refractivity contribution in [2.24, 2.45) is 11.5 Å². The van der Waals surface area contributed by atoms with E-state index in [1.165, 1.54) is 0 Å². The van der Waals surface area contributed by atoms with Gasteiger partial charge in [-0.15, -0.1) is 12.3 Å². The standard InChI is InChI=1S/C11H21N3O/c1-3-5-7-11(12,13)8-6-10(15)14-9-4-2/h1H,4-9,12-13H2,2H3,(H,14,15). The Morgan fingerprint density at radius 2 is 2.13 bits per heavy atom. The monoisotopic (exact) mass is 211 g/mol. The van der Waals surface area contributed by atoms with E-state index in [-0.39, 0.29) is 5.91 Å². The van der Waals surface area contributed by atoms with Crippen molar-refractivity contribution in [2.45, 2.75) is 44.7 Å². The summed E-state index contributed by atoms with van der Waals surface area (Å²) in [6.45, 7) is 2.70. The molecule has 0 aromatic carbocycles. The van der Waals surface area contributed by atoms with Crippen molar-refractivity contribution in [2.75, 3.05) is 6.54 Å². The first-order valence-corrected chi connectivity index (χ1v) is 5.30. The van der Waals surface area contributed by atoms with Gasteiger partial charge in [0.05, 0.1) is 5.66 Å². The van der Waals surface area contributed by atoms with E-state index in [4.69, 9.17) is 17.9 Å². The smallest absolute Gasteiger partial charge is 0.220 e. The van der Waals surface area contributed by atoms with Crippen LogP contribution in [0.25, 0.3) is 0 Å². The molecule has 0 aliphatic carbocycles. The van der Waals surface area contributed by atoms with E-state index in [2.05, 4.69) is 11.2 Å². The number of carbonyl (C=O) groups is 1. The fourth-order valence-corrected chi connectivity index (χ4v) is 1.13. The van der Waals surface area contributed by atoms with Crippen LogP contribution in [0.15, 0.2) is 0 Å². The van der Waals surface area contributed by atoms with Crippen molar-refractivity contribution in [1.82, 2.24) is 5.32 Å². The van der Waals surface area contributed by atoms with E-state index >= 15 is 0 Å². The van der Waals surface area contributed by atoms with Crippen LogP contribution < -0.4 is 16.8 Å². The lowest BCUT2D eigenvalue weighted by Gasteiger charge is -2.23. The predicted octanol–water partition coefficient (Wildman–Crippen LogP) is 0.320. The third-order valence-electron chi connectivity index (χ3n) is 2.12. The van der Waals surface area contributed by atoms with Gasteiger partial charge >= 0.3 is 0 Å². The first-order chi connectivity index (χ1) is 7.02. The van der Waals surface area contributed by atoms with Gasteiger partial charge in [0.25, 0.3) is 0 Å². The number of nitrogens with two attached hydrogens (primary N) is 2. The predicted molar refractivity (Wildman–Crippen MR) is 61.7 cm³/mol. The highest BCUT2D eigenvalue weighted by Gasteiger charge is 2.19. The highest BCUT2D eigenvalue weighted by Crippen LogP contribution is 2.09. The molecule has 0 aromatic rings. The molecule has 5 N–H and O–H groups in total. The maximum absolute atomic E-state index is 11.3. The SMILES string of the molecule is C#CCCC(N)(N)CCC(=O)NCCC. The average molecular weight is 211 g/mol. The van der Waals surface area contributed by atoms with Crippen LogP contribution in [0.4, 0.5) is 0 Å². The van der Waals surface area contributed by atoms with Crippen molar-refractivity contribution < 1.29 is 4.79 Å². The molecule has 0 aromatic heterocycles. The van der Waals surface area contributed by atoms with Crippen molar-refractivity contribution in [1.29, 1.82) is 0 Å². The summed E-state index contributed by atoms with van der Waals surface area (Å²) in [6, 6.07) is 0. The molecule has 0 bridgehead atoms. The van der Waals surface area contributed by atoms with Crippen LogP contribution >= 0.6 is 0 Å². The molecule has 4 heteroatoms. The first-order valence-electron chi connectivity index (χ1n) is 5.30. The minimum atomic E-state index is -0.823. The van der Waals surface area contributed by atoms with E-state index < -0.39 is 5.66 Å². The van der Waals surface area contributed by atoms with Crippen molar-refractivity contribution in [3.05, 3.63) is 0 Å². The van der Waals surface area contributed by atoms with E-state index in [1.807, 2.05) is 6.92 Å². The molecule has 0 rings (SSSR count). The van der Waals surface area contributed by atoms with Gasteiger partial charge in [-0.1, -0.05) is 6.92 Å². The summed E-state index contributed by atoms with van der Waals surface area (Å²) in [5.41, 5.74) is 10.7. The number of rotatable bonds is 7. The second kappa shape index (κ2) is 7.27. The Balaban J connectivity index is 3.73. The van der Waals surface area contributed by atoms with E-state index in [0.29, 0.717) is 32.2 Å². The molecule has 0 unspecified atom stereocenters. The quantitative estimate of drug-likeness (QED) is 0.419. The summed E-state index contributed by atoms with van der Waals surface area (Å²) in [6.07, 6.45) is 7.96. The maximum Gasteiger partial charge on any atom is 0.220 e. The van der Waals surface area contributed by atoms with Gasteiger partial charge in [-0.2, -0.15) is 0 Å². The minimum absolute atomic E-state index is 0.00201. The molecule has 0 saturated heterocycles. The average Bonchev–Trinajstić information content (AvgIpc) is 2.21. The van der Waals surface area contributed by atoms with Crippen molar-refractivity contribution in [3.63, 3.8) is 0 Å². The van der Waals surface area contributed by atoms with Crippen LogP contribution in [0.5, 0.6) is 0 Å². The fraction of sp³-hybridized carbons (Fsp3) is 0.727. The number of hydrogen-bond donors (Lipinski definition) is 3. The van der Waals surface area contributed by atoms with Crippen LogP contribution in [0, 0.1) is 12.3 Å². The van der Waals surface area contributed by atoms with Gasteiger partial charge in [-0.3, -0.25) is 4.79 Å². The Hall–Kier alpha value is -1.05. The number of amides is 1. The summed E-state index contributed by atoms with van der Waals surface area (Å²) < 4.78 is 0. The Morgan fingerprint density at radius 1 is 1.47 bits per heavy atom.